The summed E-state index contributed by atoms with van der Waals surface area (Å²) < 4.78 is 17.1. The Morgan fingerprint density at radius 3 is 2.50 bits per heavy atom. The van der Waals surface area contributed by atoms with Gasteiger partial charge in [-0.1, -0.05) is 59.2 Å². The van der Waals surface area contributed by atoms with E-state index in [1.807, 2.05) is 36.4 Å². The second kappa shape index (κ2) is 8.70. The molecule has 1 amide bonds. The number of nitrogens with zero attached hydrogens (tertiary/aromatic N) is 2. The lowest BCUT2D eigenvalue weighted by atomic mass is 9.98. The average Bonchev–Trinajstić information content (AvgIpc) is 3.45. The molecule has 0 saturated carbocycles. The van der Waals surface area contributed by atoms with E-state index in [-0.39, 0.29) is 16.8 Å². The third-order valence-electron chi connectivity index (χ3n) is 6.19. The number of aryl methyl sites for hydroxylation is 1. The molecule has 0 saturated heterocycles. The Labute approximate surface area is 210 Å². The molecule has 1 unspecified atom stereocenters. The highest BCUT2D eigenvalue weighted by atomic mass is 35.5. The summed E-state index contributed by atoms with van der Waals surface area (Å²) in [7, 11) is 0. The molecule has 1 aliphatic rings. The van der Waals surface area contributed by atoms with Crippen LogP contribution in [0.1, 0.15) is 39.0 Å². The van der Waals surface area contributed by atoms with Gasteiger partial charge in [-0.15, -0.1) is 0 Å². The number of carbonyl (C=O) groups is 1. The molecule has 5 aromatic rings. The predicted molar refractivity (Wildman–Crippen MR) is 135 cm³/mol. The molecular formula is C28H19ClN2O5. The number of anilines is 1. The van der Waals surface area contributed by atoms with Gasteiger partial charge in [-0.25, -0.2) is 0 Å². The fraction of sp³-hybridized carbons (Fsp3) is 0.107. The quantitative estimate of drug-likeness (QED) is 0.292. The summed E-state index contributed by atoms with van der Waals surface area (Å²) in [5, 5.41) is 5.09. The first-order valence-corrected chi connectivity index (χ1v) is 11.7. The molecule has 0 N–H and O–H groups in total. The number of rotatable bonds is 5. The molecular weight excluding hydrogens is 480 g/mol. The van der Waals surface area contributed by atoms with Crippen molar-refractivity contribution in [2.45, 2.75) is 19.6 Å². The van der Waals surface area contributed by atoms with Gasteiger partial charge in [0, 0.05) is 16.7 Å². The zero-order valence-corrected chi connectivity index (χ0v) is 19.9. The third kappa shape index (κ3) is 3.65. The van der Waals surface area contributed by atoms with Crippen LogP contribution in [-0.4, -0.2) is 11.1 Å². The van der Waals surface area contributed by atoms with Gasteiger partial charge in [0.1, 0.15) is 23.7 Å². The number of benzene rings is 3. The van der Waals surface area contributed by atoms with E-state index in [2.05, 4.69) is 5.16 Å². The van der Waals surface area contributed by atoms with Crippen LogP contribution in [-0.2, 0) is 6.61 Å². The topological polar surface area (TPSA) is 85.8 Å². The Balaban J connectivity index is 1.42. The number of carbonyl (C=O) groups excluding carboxylic acids is 1. The zero-order chi connectivity index (χ0) is 24.8. The van der Waals surface area contributed by atoms with Gasteiger partial charge in [0.15, 0.2) is 11.2 Å². The molecule has 0 aliphatic carbocycles. The zero-order valence-electron chi connectivity index (χ0n) is 19.1. The van der Waals surface area contributed by atoms with Crippen LogP contribution in [0.25, 0.3) is 11.0 Å². The highest BCUT2D eigenvalue weighted by molar-refractivity contribution is 6.31. The van der Waals surface area contributed by atoms with Crippen LogP contribution in [0.3, 0.4) is 0 Å². The Bertz CT molecular complexity index is 1670. The van der Waals surface area contributed by atoms with E-state index in [1.165, 1.54) is 4.90 Å². The first-order chi connectivity index (χ1) is 17.5. The minimum absolute atomic E-state index is 0.00315. The first kappa shape index (κ1) is 22.1. The smallest absolute Gasteiger partial charge is 0.296 e. The largest absolute Gasteiger partial charge is 0.489 e. The van der Waals surface area contributed by atoms with Gasteiger partial charge >= 0.3 is 0 Å². The van der Waals surface area contributed by atoms with E-state index in [0.717, 1.165) is 5.56 Å². The summed E-state index contributed by atoms with van der Waals surface area (Å²) >= 11 is 6.23. The normalized spacial score (nSPS) is 14.9. The number of aromatic nitrogens is 1. The minimum Gasteiger partial charge on any atom is -0.489 e. The standard InChI is InChI=1S/C28H19ClN2O5/c1-16-14-23(30-36-16)31-25(24-26(32)20-7-3-5-9-22(20)35-27(24)28(31)33)17-10-12-19(13-11-17)34-15-18-6-2-4-8-21(18)29/h2-14,25H,15H2,1H3. The Morgan fingerprint density at radius 2 is 1.75 bits per heavy atom. The third-order valence-corrected chi connectivity index (χ3v) is 6.56. The fourth-order valence-corrected chi connectivity index (χ4v) is 4.65. The molecule has 178 valence electrons. The summed E-state index contributed by atoms with van der Waals surface area (Å²) in [6.45, 7) is 2.05. The molecule has 0 fully saturated rings. The van der Waals surface area contributed by atoms with Gasteiger partial charge < -0.3 is 13.7 Å². The van der Waals surface area contributed by atoms with Crippen LogP contribution in [0.4, 0.5) is 5.82 Å². The van der Waals surface area contributed by atoms with Crippen LogP contribution in [0.5, 0.6) is 5.75 Å². The van der Waals surface area contributed by atoms with Crippen molar-refractivity contribution >= 4 is 34.3 Å². The van der Waals surface area contributed by atoms with E-state index in [9.17, 15) is 9.59 Å². The van der Waals surface area contributed by atoms with Crippen LogP contribution < -0.4 is 15.1 Å². The summed E-state index contributed by atoms with van der Waals surface area (Å²) in [6.07, 6.45) is 0. The molecule has 2 aromatic heterocycles. The first-order valence-electron chi connectivity index (χ1n) is 11.3. The summed E-state index contributed by atoms with van der Waals surface area (Å²) in [4.78, 5) is 28.5. The summed E-state index contributed by atoms with van der Waals surface area (Å²) in [5.74, 6) is 1.02. The molecule has 1 aliphatic heterocycles. The van der Waals surface area contributed by atoms with Gasteiger partial charge in [-0.3, -0.25) is 14.5 Å². The second-order valence-electron chi connectivity index (χ2n) is 8.49. The highest BCUT2D eigenvalue weighted by Crippen LogP contribution is 2.41. The van der Waals surface area contributed by atoms with E-state index in [4.69, 9.17) is 25.3 Å². The van der Waals surface area contributed by atoms with Crippen molar-refractivity contribution < 1.29 is 18.5 Å². The molecule has 7 nitrogen and oxygen atoms in total. The van der Waals surface area contributed by atoms with Crippen molar-refractivity contribution in [2.75, 3.05) is 4.90 Å². The molecule has 0 radical (unpaired) electrons. The Kier molecular flexibility index (Phi) is 5.34. The van der Waals surface area contributed by atoms with Crippen LogP contribution in [0.2, 0.25) is 5.02 Å². The van der Waals surface area contributed by atoms with Gasteiger partial charge in [-0.05, 0) is 42.8 Å². The van der Waals surface area contributed by atoms with E-state index in [1.54, 1.807) is 49.4 Å². The van der Waals surface area contributed by atoms with Crippen molar-refractivity contribution in [2.24, 2.45) is 0 Å². The minimum atomic E-state index is -0.740. The summed E-state index contributed by atoms with van der Waals surface area (Å²) in [6, 6.07) is 22.5. The van der Waals surface area contributed by atoms with Crippen LogP contribution in [0.15, 0.2) is 92.6 Å². The molecule has 6 rings (SSSR count). The maximum atomic E-state index is 13.6. The van der Waals surface area contributed by atoms with Crippen molar-refractivity contribution in [3.05, 3.63) is 122 Å². The summed E-state index contributed by atoms with van der Waals surface area (Å²) in [5.41, 5.74) is 1.94. The maximum Gasteiger partial charge on any atom is 0.296 e. The van der Waals surface area contributed by atoms with Gasteiger partial charge in [0.25, 0.3) is 5.91 Å². The number of amides is 1. The van der Waals surface area contributed by atoms with Gasteiger partial charge in [0.2, 0.25) is 5.76 Å². The predicted octanol–water partition coefficient (Wildman–Crippen LogP) is 6.07. The van der Waals surface area contributed by atoms with E-state index in [0.29, 0.717) is 45.5 Å². The lowest BCUT2D eigenvalue weighted by molar-refractivity contribution is 0.0969. The molecule has 3 aromatic carbocycles. The maximum absolute atomic E-state index is 13.6. The SMILES string of the molecule is Cc1cc(N2C(=O)c3oc4ccccc4c(=O)c3C2c2ccc(OCc3ccccc3Cl)cc2)no1. The van der Waals surface area contributed by atoms with E-state index < -0.39 is 11.9 Å². The molecule has 3 heterocycles. The molecule has 36 heavy (non-hydrogen) atoms. The number of hydrogen-bond acceptors (Lipinski definition) is 6. The Hall–Kier alpha value is -4.36. The molecule has 0 bridgehead atoms. The number of fused-ring (bicyclic) bond motifs is 2. The fourth-order valence-electron chi connectivity index (χ4n) is 4.46. The highest BCUT2D eigenvalue weighted by Gasteiger charge is 2.44. The van der Waals surface area contributed by atoms with Crippen molar-refractivity contribution in [3.63, 3.8) is 0 Å². The van der Waals surface area contributed by atoms with Crippen LogP contribution >= 0.6 is 11.6 Å². The van der Waals surface area contributed by atoms with Crippen LogP contribution in [0, 0.1) is 6.92 Å². The molecule has 0 spiro atoms. The second-order valence-corrected chi connectivity index (χ2v) is 8.90. The van der Waals surface area contributed by atoms with Crippen molar-refractivity contribution in [3.8, 4) is 5.75 Å². The Morgan fingerprint density at radius 1 is 1.00 bits per heavy atom. The van der Waals surface area contributed by atoms with Gasteiger partial charge in [0.05, 0.1) is 17.0 Å². The van der Waals surface area contributed by atoms with E-state index >= 15 is 0 Å². The van der Waals surface area contributed by atoms with Crippen molar-refractivity contribution in [1.29, 1.82) is 0 Å². The number of ether oxygens (including phenoxy) is 1. The average molecular weight is 499 g/mol. The van der Waals surface area contributed by atoms with Gasteiger partial charge in [-0.2, -0.15) is 0 Å². The number of hydrogen-bond donors (Lipinski definition) is 0. The monoisotopic (exact) mass is 498 g/mol. The number of para-hydroxylation sites is 1. The lowest BCUT2D eigenvalue weighted by Gasteiger charge is -2.22. The lowest BCUT2D eigenvalue weighted by Crippen LogP contribution is -2.29. The molecule has 1 atom stereocenters. The molecule has 8 heteroatoms. The number of halogens is 1. The van der Waals surface area contributed by atoms with Crippen molar-refractivity contribution in [1.82, 2.24) is 5.16 Å².